The molecule has 1 nitrogen and oxygen atoms in total. The maximum absolute atomic E-state index is 7.83. The molecular formula is H2Na2OS. The van der Waals surface area contributed by atoms with Crippen LogP contribution in [0.25, 0.3) is 0 Å². The molecule has 16 valence electrons. The molecule has 0 unspecified atom stereocenters. The molecule has 0 N–H and O–H groups in total. The van der Waals surface area contributed by atoms with Crippen LogP contribution in [0.3, 0.4) is 0 Å². The largest absolute Gasteiger partial charge is 1.00 e. The van der Waals surface area contributed by atoms with Crippen LogP contribution >= 0.6 is 0 Å². The zero-order chi connectivity index (χ0) is 2.00. The summed E-state index contributed by atoms with van der Waals surface area (Å²) in [6, 6.07) is 0. The van der Waals surface area contributed by atoms with Gasteiger partial charge in [-0.15, -0.1) is 0 Å². The summed E-state index contributed by atoms with van der Waals surface area (Å²) in [6.45, 7) is 0. The molecule has 0 aliphatic rings. The van der Waals surface area contributed by atoms with Crippen LogP contribution in [0.4, 0.5) is 0 Å². The summed E-state index contributed by atoms with van der Waals surface area (Å²) in [5.74, 6) is 0. The van der Waals surface area contributed by atoms with Crippen LogP contribution in [0.5, 0.6) is 0 Å². The number of rotatable bonds is 0. The van der Waals surface area contributed by atoms with Crippen LogP contribution in [0.1, 0.15) is 2.85 Å². The van der Waals surface area contributed by atoms with Crippen LogP contribution in [-0.4, -0.2) is 4.21 Å². The van der Waals surface area contributed by atoms with E-state index in [1.165, 1.54) is 0 Å². The van der Waals surface area contributed by atoms with Gasteiger partial charge in [0.25, 0.3) is 0 Å². The second-order valence-electron chi connectivity index (χ2n) is 0. The molecule has 0 rings (SSSR count). The molecule has 4 heavy (non-hydrogen) atoms. The van der Waals surface area contributed by atoms with E-state index < -0.39 is 0 Å². The van der Waals surface area contributed by atoms with Gasteiger partial charge in [0.1, 0.15) is 0 Å². The molecular weight excluding hydrogens is 94.0 g/mol. The molecule has 0 saturated carbocycles. The van der Waals surface area contributed by atoms with E-state index in [1.54, 1.807) is 0 Å². The minimum atomic E-state index is 0. The fourth-order valence-electron chi connectivity index (χ4n) is 0. The maximum Gasteiger partial charge on any atom is 1.00 e. The zero-order valence-electron chi connectivity index (χ0n) is 4.82. The summed E-state index contributed by atoms with van der Waals surface area (Å²) in [6.07, 6.45) is 0. The van der Waals surface area contributed by atoms with Crippen molar-refractivity contribution in [1.82, 2.24) is 0 Å². The minimum Gasteiger partial charge on any atom is -1.00 e. The second-order valence-corrected chi connectivity index (χ2v) is 0. The first kappa shape index (κ1) is 16.6. The maximum atomic E-state index is 7.83. The molecule has 0 heterocycles. The van der Waals surface area contributed by atoms with Crippen LogP contribution < -0.4 is 59.1 Å². The number of hydrogen-bond donors (Lipinski definition) is 0. The van der Waals surface area contributed by atoms with Gasteiger partial charge in [0, 0.05) is 0 Å². The molecule has 0 aromatic carbocycles. The Morgan fingerprint density at radius 3 is 1.25 bits per heavy atom. The van der Waals surface area contributed by atoms with Gasteiger partial charge >= 0.3 is 59.1 Å². The average Bonchev–Trinajstić information content (AvgIpc) is 1.00. The summed E-state index contributed by atoms with van der Waals surface area (Å²) >= 11 is 2.83. The molecule has 0 aliphatic carbocycles. The van der Waals surface area contributed by atoms with E-state index in [4.69, 9.17) is 4.21 Å². The Balaban J connectivity index is -0.000000000833. The van der Waals surface area contributed by atoms with Crippen molar-refractivity contribution < 1.29 is 66.2 Å². The molecule has 0 aliphatic heterocycles. The molecule has 4 heteroatoms. The van der Waals surface area contributed by atoms with Crippen molar-refractivity contribution in [2.75, 3.05) is 0 Å². The van der Waals surface area contributed by atoms with Crippen LogP contribution in [-0.2, 0) is 12.5 Å². The van der Waals surface area contributed by atoms with Gasteiger partial charge in [-0.05, 0) is 0 Å². The van der Waals surface area contributed by atoms with Gasteiger partial charge in [-0.25, -0.2) is 0 Å². The van der Waals surface area contributed by atoms with E-state index in [-0.39, 0.29) is 62.0 Å². The molecule has 0 fully saturated rings. The Bertz CT molecular complexity index is 11.5. The normalized spacial score (nSPS) is 1.00. The molecule has 0 spiro atoms. The van der Waals surface area contributed by atoms with Gasteiger partial charge < -0.3 is 2.85 Å². The summed E-state index contributed by atoms with van der Waals surface area (Å²) in [5, 5.41) is 0. The van der Waals surface area contributed by atoms with Crippen molar-refractivity contribution in [3.63, 3.8) is 0 Å². The second kappa shape index (κ2) is 19.9. The van der Waals surface area contributed by atoms with E-state index in [1.807, 2.05) is 0 Å². The first-order valence-corrected chi connectivity index (χ1v) is 0.500. The third kappa shape index (κ3) is 8.99. The predicted molar refractivity (Wildman–Crippen MR) is 10.4 cm³/mol. The molecule has 0 amide bonds. The van der Waals surface area contributed by atoms with Gasteiger partial charge in [-0.3, -0.25) is 0 Å². The molecule has 0 atom stereocenters. The van der Waals surface area contributed by atoms with E-state index in [0.29, 0.717) is 0 Å². The monoisotopic (exact) mass is 96.0 g/mol. The molecule has 0 saturated heterocycles. The molecule has 0 aromatic heterocycles. The molecule has 0 bridgehead atoms. The van der Waals surface area contributed by atoms with Gasteiger partial charge in [0.05, 0.1) is 0 Å². The summed E-state index contributed by atoms with van der Waals surface area (Å²) in [5.41, 5.74) is 0. The smallest absolute Gasteiger partial charge is 1.00 e. The van der Waals surface area contributed by atoms with Crippen molar-refractivity contribution in [2.45, 2.75) is 0 Å². The van der Waals surface area contributed by atoms with E-state index in [0.717, 1.165) is 0 Å². The Hall–Kier alpha value is 2.02. The summed E-state index contributed by atoms with van der Waals surface area (Å²) in [4.78, 5) is 0. The van der Waals surface area contributed by atoms with Crippen molar-refractivity contribution >= 4 is 12.5 Å². The predicted octanol–water partition coefficient (Wildman–Crippen LogP) is -6.10. The van der Waals surface area contributed by atoms with Crippen LogP contribution in [0.15, 0.2) is 0 Å². The van der Waals surface area contributed by atoms with Gasteiger partial charge in [0.2, 0.25) is 0 Å². The van der Waals surface area contributed by atoms with Crippen LogP contribution in [0.2, 0.25) is 0 Å². The topological polar surface area (TPSA) is 17.1 Å². The van der Waals surface area contributed by atoms with Gasteiger partial charge in [-0.2, -0.15) is 4.21 Å². The first-order valence-electron chi connectivity index (χ1n) is 0.167. The Morgan fingerprint density at radius 1 is 1.25 bits per heavy atom. The third-order valence-electron chi connectivity index (χ3n) is 0. The first-order chi connectivity index (χ1) is 1.00. The SMILES string of the molecule is O=S.[H-].[H-].[Na+].[Na+]. The van der Waals surface area contributed by atoms with Crippen LogP contribution in [0, 0.1) is 0 Å². The molecule has 0 radical (unpaired) electrons. The van der Waals surface area contributed by atoms with Crippen molar-refractivity contribution in [1.29, 1.82) is 0 Å². The summed E-state index contributed by atoms with van der Waals surface area (Å²) < 4.78 is 7.83. The van der Waals surface area contributed by atoms with Gasteiger partial charge in [0.15, 0.2) is 12.5 Å². The van der Waals surface area contributed by atoms with E-state index in [9.17, 15) is 0 Å². The van der Waals surface area contributed by atoms with E-state index in [2.05, 4.69) is 12.5 Å². The molecule has 0 aromatic rings. The Labute approximate surface area is 77.6 Å². The van der Waals surface area contributed by atoms with Crippen molar-refractivity contribution in [3.05, 3.63) is 0 Å². The minimum absolute atomic E-state index is 0. The summed E-state index contributed by atoms with van der Waals surface area (Å²) in [7, 11) is 0. The number of hydrogen-bond acceptors (Lipinski definition) is 2. The van der Waals surface area contributed by atoms with Crippen molar-refractivity contribution in [2.24, 2.45) is 0 Å². The fraction of sp³-hybridized carbons (Fsp3) is 0. The standard InChI is InChI=1S/2Na.OS.2H/c;;1-2;;/q2*+1;;2*-1. The Morgan fingerprint density at radius 2 is 1.25 bits per heavy atom. The third-order valence-corrected chi connectivity index (χ3v) is 0. The van der Waals surface area contributed by atoms with Gasteiger partial charge in [-0.1, -0.05) is 0 Å². The zero-order valence-corrected chi connectivity index (χ0v) is 7.63. The fourth-order valence-corrected chi connectivity index (χ4v) is 0. The van der Waals surface area contributed by atoms with E-state index >= 15 is 0 Å². The Kier molecular flexibility index (Phi) is 82.7. The van der Waals surface area contributed by atoms with Crippen molar-refractivity contribution in [3.8, 4) is 0 Å². The average molecular weight is 96.1 g/mol. The quantitative estimate of drug-likeness (QED) is 0.279.